The second-order valence-electron chi connectivity index (χ2n) is 5.20. The number of hydrogen-bond donors (Lipinski definition) is 2. The van der Waals surface area contributed by atoms with Gasteiger partial charge in [-0.25, -0.2) is 0 Å². The van der Waals surface area contributed by atoms with Crippen molar-refractivity contribution in [2.75, 3.05) is 18.5 Å². The number of phenols is 1. The van der Waals surface area contributed by atoms with Gasteiger partial charge in [-0.3, -0.25) is 4.79 Å². The predicted octanol–water partition coefficient (Wildman–Crippen LogP) is 2.04. The zero-order chi connectivity index (χ0) is 12.8. The largest absolute Gasteiger partial charge is 0.508 e. The van der Waals surface area contributed by atoms with Crippen molar-refractivity contribution in [1.82, 2.24) is 0 Å². The molecular formula is C13H17NO3. The summed E-state index contributed by atoms with van der Waals surface area (Å²) in [5.41, 5.74) is 1.08. The van der Waals surface area contributed by atoms with Gasteiger partial charge >= 0.3 is 5.97 Å². The van der Waals surface area contributed by atoms with Crippen LogP contribution in [0.5, 0.6) is 5.75 Å². The number of aliphatic carboxylic acids is 1. The molecule has 1 unspecified atom stereocenters. The number of rotatable bonds is 2. The van der Waals surface area contributed by atoms with E-state index in [1.165, 1.54) is 0 Å². The van der Waals surface area contributed by atoms with Crippen LogP contribution in [-0.4, -0.2) is 29.8 Å². The van der Waals surface area contributed by atoms with E-state index < -0.39 is 11.4 Å². The van der Waals surface area contributed by atoms with Crippen molar-refractivity contribution in [1.29, 1.82) is 0 Å². The minimum Gasteiger partial charge on any atom is -0.508 e. The number of phenolic OH excluding ortho intramolecular Hbond substituents is 1. The molecule has 0 radical (unpaired) electrons. The summed E-state index contributed by atoms with van der Waals surface area (Å²) in [7, 11) is 1.94. The summed E-state index contributed by atoms with van der Waals surface area (Å²) in [5, 5.41) is 18.8. The molecule has 92 valence electrons. The summed E-state index contributed by atoms with van der Waals surface area (Å²) >= 11 is 0. The first-order valence-corrected chi connectivity index (χ1v) is 5.61. The lowest BCUT2D eigenvalue weighted by Gasteiger charge is -2.27. The van der Waals surface area contributed by atoms with E-state index in [9.17, 15) is 15.0 Å². The first-order chi connectivity index (χ1) is 7.84. The quantitative estimate of drug-likeness (QED) is 0.823. The molecule has 0 saturated carbocycles. The molecule has 0 aromatic heterocycles. The number of carboxylic acids is 1. The molecule has 0 amide bonds. The van der Waals surface area contributed by atoms with Gasteiger partial charge in [-0.1, -0.05) is 0 Å². The summed E-state index contributed by atoms with van der Waals surface area (Å²) < 4.78 is 0. The summed E-state index contributed by atoms with van der Waals surface area (Å²) in [4.78, 5) is 13.4. The molecule has 0 spiro atoms. The van der Waals surface area contributed by atoms with Gasteiger partial charge in [0.25, 0.3) is 0 Å². The number of hydrogen-bond acceptors (Lipinski definition) is 3. The van der Waals surface area contributed by atoms with E-state index in [2.05, 4.69) is 0 Å². The number of carboxylic acid groups (broad SMARTS) is 1. The first kappa shape index (κ1) is 11.8. The Balaban J connectivity index is 2.49. The molecule has 2 N–H and O–H groups in total. The predicted molar refractivity (Wildman–Crippen MR) is 65.5 cm³/mol. The molecule has 1 atom stereocenters. The van der Waals surface area contributed by atoms with E-state index in [-0.39, 0.29) is 11.7 Å². The standard InChI is InChI=1S/C13H17NO3/c1-13(2,12(16)17)10-7-14(3)11-5-4-8(15)6-9(10)11/h4-6,10,15H,7H2,1-3H3,(H,16,17). The first-order valence-electron chi connectivity index (χ1n) is 5.61. The molecule has 0 fully saturated rings. The molecule has 17 heavy (non-hydrogen) atoms. The highest BCUT2D eigenvalue weighted by molar-refractivity contribution is 5.77. The van der Waals surface area contributed by atoms with Crippen LogP contribution in [0.1, 0.15) is 25.3 Å². The fourth-order valence-electron chi connectivity index (χ4n) is 2.41. The van der Waals surface area contributed by atoms with Crippen LogP contribution in [0, 0.1) is 5.41 Å². The molecular weight excluding hydrogens is 218 g/mol. The van der Waals surface area contributed by atoms with Crippen molar-refractivity contribution in [3.63, 3.8) is 0 Å². The van der Waals surface area contributed by atoms with E-state index in [0.717, 1.165) is 11.3 Å². The van der Waals surface area contributed by atoms with Crippen molar-refractivity contribution in [2.45, 2.75) is 19.8 Å². The van der Waals surface area contributed by atoms with Gasteiger partial charge < -0.3 is 15.1 Å². The SMILES string of the molecule is CN1CC(C(C)(C)C(=O)O)c2cc(O)ccc21. The molecule has 1 aromatic carbocycles. The van der Waals surface area contributed by atoms with Crippen LogP contribution < -0.4 is 4.90 Å². The number of nitrogens with zero attached hydrogens (tertiary/aromatic N) is 1. The highest BCUT2D eigenvalue weighted by Crippen LogP contribution is 2.46. The van der Waals surface area contributed by atoms with Crippen molar-refractivity contribution in [3.8, 4) is 5.75 Å². The number of fused-ring (bicyclic) bond motifs is 1. The van der Waals surface area contributed by atoms with Crippen molar-refractivity contribution in [3.05, 3.63) is 23.8 Å². The fourth-order valence-corrected chi connectivity index (χ4v) is 2.41. The van der Waals surface area contributed by atoms with Crippen LogP contribution in [0.3, 0.4) is 0 Å². The number of likely N-dealkylation sites (N-methyl/N-ethyl adjacent to an activating group) is 1. The van der Waals surface area contributed by atoms with Crippen molar-refractivity contribution in [2.24, 2.45) is 5.41 Å². The molecule has 1 aliphatic heterocycles. The molecule has 4 heteroatoms. The van der Waals surface area contributed by atoms with Crippen LogP contribution in [0.25, 0.3) is 0 Å². The van der Waals surface area contributed by atoms with Crippen LogP contribution >= 0.6 is 0 Å². The molecule has 1 heterocycles. The second-order valence-corrected chi connectivity index (χ2v) is 5.20. The van der Waals surface area contributed by atoms with Gasteiger partial charge in [-0.05, 0) is 37.6 Å². The van der Waals surface area contributed by atoms with Crippen LogP contribution in [0.4, 0.5) is 5.69 Å². The molecule has 0 saturated heterocycles. The highest BCUT2D eigenvalue weighted by atomic mass is 16.4. The van der Waals surface area contributed by atoms with E-state index in [4.69, 9.17) is 0 Å². The minimum atomic E-state index is -0.840. The highest BCUT2D eigenvalue weighted by Gasteiger charge is 2.43. The maximum Gasteiger partial charge on any atom is 0.309 e. The van der Waals surface area contributed by atoms with Gasteiger partial charge in [-0.2, -0.15) is 0 Å². The van der Waals surface area contributed by atoms with Gasteiger partial charge in [0.05, 0.1) is 5.41 Å². The number of carbonyl (C=O) groups is 1. The van der Waals surface area contributed by atoms with E-state index in [1.807, 2.05) is 18.0 Å². The minimum absolute atomic E-state index is 0.105. The number of anilines is 1. The maximum absolute atomic E-state index is 11.3. The molecule has 4 nitrogen and oxygen atoms in total. The van der Waals surface area contributed by atoms with E-state index >= 15 is 0 Å². The zero-order valence-corrected chi connectivity index (χ0v) is 10.3. The Morgan fingerprint density at radius 2 is 2.12 bits per heavy atom. The Hall–Kier alpha value is -1.71. The third-order valence-electron chi connectivity index (χ3n) is 3.68. The lowest BCUT2D eigenvalue weighted by Crippen LogP contribution is -2.33. The molecule has 2 rings (SSSR count). The fraction of sp³-hybridized carbons (Fsp3) is 0.462. The number of benzene rings is 1. The van der Waals surface area contributed by atoms with Gasteiger partial charge in [0, 0.05) is 25.2 Å². The normalized spacial score (nSPS) is 19.2. The Morgan fingerprint density at radius 1 is 1.47 bits per heavy atom. The van der Waals surface area contributed by atoms with Gasteiger partial charge in [0.1, 0.15) is 5.75 Å². The third kappa shape index (κ3) is 1.73. The summed E-state index contributed by atoms with van der Waals surface area (Å²) in [6.45, 7) is 4.12. The molecule has 1 aliphatic rings. The van der Waals surface area contributed by atoms with Gasteiger partial charge in [0.15, 0.2) is 0 Å². The Labute approximate surface area is 100 Å². The average molecular weight is 235 g/mol. The van der Waals surface area contributed by atoms with Crippen molar-refractivity contribution < 1.29 is 15.0 Å². The van der Waals surface area contributed by atoms with Gasteiger partial charge in [0.2, 0.25) is 0 Å². The second kappa shape index (κ2) is 3.65. The average Bonchev–Trinajstić information content (AvgIpc) is 2.56. The van der Waals surface area contributed by atoms with E-state index in [1.54, 1.807) is 26.0 Å². The summed E-state index contributed by atoms with van der Waals surface area (Å²) in [6, 6.07) is 5.14. The van der Waals surface area contributed by atoms with Gasteiger partial charge in [-0.15, -0.1) is 0 Å². The molecule has 0 aliphatic carbocycles. The van der Waals surface area contributed by atoms with E-state index in [0.29, 0.717) is 6.54 Å². The Kier molecular flexibility index (Phi) is 2.53. The van der Waals surface area contributed by atoms with Crippen LogP contribution in [0.2, 0.25) is 0 Å². The summed E-state index contributed by atoms with van der Waals surface area (Å²) in [6.07, 6.45) is 0. The van der Waals surface area contributed by atoms with Crippen molar-refractivity contribution >= 4 is 11.7 Å². The number of aromatic hydroxyl groups is 1. The smallest absolute Gasteiger partial charge is 0.309 e. The maximum atomic E-state index is 11.3. The lowest BCUT2D eigenvalue weighted by atomic mass is 9.76. The van der Waals surface area contributed by atoms with Crippen LogP contribution in [-0.2, 0) is 4.79 Å². The lowest BCUT2D eigenvalue weighted by molar-refractivity contribution is -0.148. The molecule has 0 bridgehead atoms. The zero-order valence-electron chi connectivity index (χ0n) is 10.3. The monoisotopic (exact) mass is 235 g/mol. The topological polar surface area (TPSA) is 60.8 Å². The van der Waals surface area contributed by atoms with Crippen LogP contribution in [0.15, 0.2) is 18.2 Å². The Morgan fingerprint density at radius 3 is 2.71 bits per heavy atom. The summed E-state index contributed by atoms with van der Waals surface area (Å²) in [5.74, 6) is -0.732. The Bertz CT molecular complexity index is 468. The molecule has 1 aromatic rings. The third-order valence-corrected chi connectivity index (χ3v) is 3.68.